The van der Waals surface area contributed by atoms with Gasteiger partial charge in [0.2, 0.25) is 0 Å². The van der Waals surface area contributed by atoms with Gasteiger partial charge >= 0.3 is 0 Å². The number of piperidine rings is 1. The van der Waals surface area contributed by atoms with Gasteiger partial charge in [-0.1, -0.05) is 27.7 Å². The van der Waals surface area contributed by atoms with Crippen molar-refractivity contribution in [2.45, 2.75) is 60.0 Å². The highest BCUT2D eigenvalue weighted by atomic mass is 16.5. The van der Waals surface area contributed by atoms with Gasteiger partial charge in [-0.25, -0.2) is 0 Å². The van der Waals surface area contributed by atoms with Crippen LogP contribution >= 0.6 is 0 Å². The standard InChI is InChI=1S/C24H40N2O3/c1-7-29-24(6,15-18(2)3)23(27)25-21-8-10-22(11-9-21)28-13-12-26-16-19(4)14-20(5)17-26/h8-11,18-20H,7,12-17H2,1-6H3,(H,25,27)/t19-,20-,24-/m1/s1. The SMILES string of the molecule is CCO[C@](C)(CC(C)C)C(=O)Nc1ccc(OCCN2C[C@H](C)C[C@@H](C)C2)cc1. The first kappa shape index (κ1) is 23.7. The van der Waals surface area contributed by atoms with E-state index in [1.54, 1.807) is 0 Å². The third-order valence-electron chi connectivity index (χ3n) is 5.47. The summed E-state index contributed by atoms with van der Waals surface area (Å²) >= 11 is 0. The van der Waals surface area contributed by atoms with Gasteiger partial charge in [0.25, 0.3) is 5.91 Å². The van der Waals surface area contributed by atoms with Gasteiger partial charge in [0.1, 0.15) is 18.0 Å². The Kier molecular flexibility index (Phi) is 8.97. The summed E-state index contributed by atoms with van der Waals surface area (Å²) in [6, 6.07) is 7.61. The van der Waals surface area contributed by atoms with E-state index >= 15 is 0 Å². The Balaban J connectivity index is 1.83. The minimum Gasteiger partial charge on any atom is -0.492 e. The largest absolute Gasteiger partial charge is 0.492 e. The number of ether oxygens (including phenoxy) is 2. The number of nitrogens with one attached hydrogen (secondary N) is 1. The van der Waals surface area contributed by atoms with Gasteiger partial charge in [-0.2, -0.15) is 0 Å². The molecule has 1 aromatic carbocycles. The maximum atomic E-state index is 12.8. The molecule has 3 atom stereocenters. The van der Waals surface area contributed by atoms with Crippen molar-refractivity contribution in [3.63, 3.8) is 0 Å². The summed E-state index contributed by atoms with van der Waals surface area (Å²) in [4.78, 5) is 15.3. The van der Waals surface area contributed by atoms with Crippen LogP contribution in [0.25, 0.3) is 0 Å². The Morgan fingerprint density at radius 1 is 1.21 bits per heavy atom. The molecular weight excluding hydrogens is 364 g/mol. The van der Waals surface area contributed by atoms with E-state index in [9.17, 15) is 4.79 Å². The van der Waals surface area contributed by atoms with Gasteiger partial charge in [0.05, 0.1) is 0 Å². The summed E-state index contributed by atoms with van der Waals surface area (Å²) in [6.07, 6.45) is 2.01. The topological polar surface area (TPSA) is 50.8 Å². The first-order valence-corrected chi connectivity index (χ1v) is 11.1. The number of likely N-dealkylation sites (tertiary alicyclic amines) is 1. The van der Waals surface area contributed by atoms with Gasteiger partial charge in [0.15, 0.2) is 0 Å². The highest BCUT2D eigenvalue weighted by molar-refractivity contribution is 5.97. The summed E-state index contributed by atoms with van der Waals surface area (Å²) in [5.74, 6) is 2.63. The van der Waals surface area contributed by atoms with E-state index in [0.717, 1.165) is 42.9 Å². The lowest BCUT2D eigenvalue weighted by atomic mass is 9.92. The zero-order valence-corrected chi connectivity index (χ0v) is 19.2. The molecule has 1 fully saturated rings. The van der Waals surface area contributed by atoms with E-state index in [-0.39, 0.29) is 5.91 Å². The van der Waals surface area contributed by atoms with E-state index in [1.165, 1.54) is 6.42 Å². The summed E-state index contributed by atoms with van der Waals surface area (Å²) < 4.78 is 11.7. The van der Waals surface area contributed by atoms with Crippen molar-refractivity contribution in [2.24, 2.45) is 17.8 Å². The molecule has 0 saturated carbocycles. The van der Waals surface area contributed by atoms with E-state index in [1.807, 2.05) is 38.1 Å². The average molecular weight is 405 g/mol. The Morgan fingerprint density at radius 3 is 2.38 bits per heavy atom. The lowest BCUT2D eigenvalue weighted by molar-refractivity contribution is -0.140. The Morgan fingerprint density at radius 2 is 1.83 bits per heavy atom. The molecule has 1 heterocycles. The highest BCUT2D eigenvalue weighted by Crippen LogP contribution is 2.24. The summed E-state index contributed by atoms with van der Waals surface area (Å²) in [7, 11) is 0. The average Bonchev–Trinajstić information content (AvgIpc) is 2.62. The van der Waals surface area contributed by atoms with Crippen molar-refractivity contribution < 1.29 is 14.3 Å². The Labute approximate surface area is 177 Å². The van der Waals surface area contributed by atoms with Crippen molar-refractivity contribution in [3.8, 4) is 5.75 Å². The molecule has 0 radical (unpaired) electrons. The number of rotatable bonds is 10. The second-order valence-electron chi connectivity index (χ2n) is 9.29. The van der Waals surface area contributed by atoms with Gasteiger partial charge in [0, 0.05) is 31.9 Å². The molecule has 5 nitrogen and oxygen atoms in total. The maximum Gasteiger partial charge on any atom is 0.256 e. The van der Waals surface area contributed by atoms with Gasteiger partial charge < -0.3 is 14.8 Å². The van der Waals surface area contributed by atoms with Crippen LogP contribution in [0.4, 0.5) is 5.69 Å². The van der Waals surface area contributed by atoms with E-state index < -0.39 is 5.60 Å². The van der Waals surface area contributed by atoms with Crippen LogP contribution in [-0.4, -0.2) is 49.3 Å². The molecule has 1 aliphatic rings. The molecule has 1 aromatic rings. The molecule has 0 bridgehead atoms. The van der Waals surface area contributed by atoms with Gasteiger partial charge in [-0.05, 0) is 68.7 Å². The highest BCUT2D eigenvalue weighted by Gasteiger charge is 2.34. The van der Waals surface area contributed by atoms with E-state index in [4.69, 9.17) is 9.47 Å². The summed E-state index contributed by atoms with van der Waals surface area (Å²) in [5.41, 5.74) is -0.0587. The molecule has 1 N–H and O–H groups in total. The van der Waals surface area contributed by atoms with E-state index in [2.05, 4.69) is 37.9 Å². The van der Waals surface area contributed by atoms with Crippen LogP contribution in [0.1, 0.15) is 54.4 Å². The van der Waals surface area contributed by atoms with Crippen LogP contribution in [0.15, 0.2) is 24.3 Å². The van der Waals surface area contributed by atoms with Crippen LogP contribution in [-0.2, 0) is 9.53 Å². The fourth-order valence-corrected chi connectivity index (χ4v) is 4.48. The quantitative estimate of drug-likeness (QED) is 0.607. The zero-order chi connectivity index (χ0) is 21.4. The smallest absolute Gasteiger partial charge is 0.256 e. The predicted molar refractivity (Wildman–Crippen MR) is 119 cm³/mol. The summed E-state index contributed by atoms with van der Waals surface area (Å²) in [5, 5.41) is 2.99. The molecule has 164 valence electrons. The number of benzene rings is 1. The minimum absolute atomic E-state index is 0.102. The molecule has 0 spiro atoms. The van der Waals surface area contributed by atoms with Crippen molar-refractivity contribution in [3.05, 3.63) is 24.3 Å². The first-order chi connectivity index (χ1) is 13.7. The van der Waals surface area contributed by atoms with Crippen LogP contribution in [0.2, 0.25) is 0 Å². The lowest BCUT2D eigenvalue weighted by Gasteiger charge is -2.34. The monoisotopic (exact) mass is 404 g/mol. The van der Waals surface area contributed by atoms with Crippen LogP contribution in [0.5, 0.6) is 5.75 Å². The third-order valence-corrected chi connectivity index (χ3v) is 5.47. The number of nitrogens with zero attached hydrogens (tertiary/aromatic N) is 1. The molecule has 5 heteroatoms. The van der Waals surface area contributed by atoms with Crippen molar-refractivity contribution in [2.75, 3.05) is 38.2 Å². The molecule has 0 aliphatic carbocycles. The number of hydrogen-bond acceptors (Lipinski definition) is 4. The molecular formula is C24H40N2O3. The maximum absolute atomic E-state index is 12.8. The van der Waals surface area contributed by atoms with Crippen molar-refractivity contribution in [1.82, 2.24) is 4.90 Å². The van der Waals surface area contributed by atoms with Crippen LogP contribution < -0.4 is 10.1 Å². The van der Waals surface area contributed by atoms with Crippen LogP contribution in [0.3, 0.4) is 0 Å². The predicted octanol–water partition coefficient (Wildman–Crippen LogP) is 4.82. The Bertz CT molecular complexity index is 622. The Hall–Kier alpha value is -1.59. The molecule has 1 amide bonds. The zero-order valence-electron chi connectivity index (χ0n) is 19.2. The minimum atomic E-state index is -0.819. The fraction of sp³-hybridized carbons (Fsp3) is 0.708. The molecule has 2 rings (SSSR count). The number of hydrogen-bond donors (Lipinski definition) is 1. The van der Waals surface area contributed by atoms with E-state index in [0.29, 0.717) is 25.6 Å². The number of carbonyl (C=O) groups is 1. The second kappa shape index (κ2) is 11.0. The molecule has 1 aliphatic heterocycles. The second-order valence-corrected chi connectivity index (χ2v) is 9.29. The molecule has 0 aromatic heterocycles. The number of anilines is 1. The number of carbonyl (C=O) groups excluding carboxylic acids is 1. The third kappa shape index (κ3) is 7.63. The number of amides is 1. The first-order valence-electron chi connectivity index (χ1n) is 11.1. The fourth-order valence-electron chi connectivity index (χ4n) is 4.48. The van der Waals surface area contributed by atoms with Crippen LogP contribution in [0, 0.1) is 17.8 Å². The molecule has 1 saturated heterocycles. The lowest BCUT2D eigenvalue weighted by Crippen LogP contribution is -2.43. The van der Waals surface area contributed by atoms with Crippen molar-refractivity contribution in [1.29, 1.82) is 0 Å². The normalized spacial score (nSPS) is 22.3. The molecule has 29 heavy (non-hydrogen) atoms. The van der Waals surface area contributed by atoms with Gasteiger partial charge in [-0.3, -0.25) is 9.69 Å². The van der Waals surface area contributed by atoms with Gasteiger partial charge in [-0.15, -0.1) is 0 Å². The van der Waals surface area contributed by atoms with Crippen molar-refractivity contribution >= 4 is 11.6 Å². The summed E-state index contributed by atoms with van der Waals surface area (Å²) in [6.45, 7) is 17.1. The molecule has 0 unspecified atom stereocenters.